The summed E-state index contributed by atoms with van der Waals surface area (Å²) >= 11 is 0. The number of rotatable bonds is 3. The minimum Gasteiger partial charge on any atom is -0.255 e. The lowest BCUT2D eigenvalue weighted by molar-refractivity contribution is 1.25. The average molecular weight is 308 g/mol. The van der Waals surface area contributed by atoms with Crippen LogP contribution >= 0.6 is 0 Å². The molecular weight excluding hydrogens is 292 g/mol. The summed E-state index contributed by atoms with van der Waals surface area (Å²) in [5.41, 5.74) is 6.55. The van der Waals surface area contributed by atoms with E-state index < -0.39 is 0 Å². The molecule has 0 saturated heterocycles. The molecule has 0 bridgehead atoms. The van der Waals surface area contributed by atoms with Crippen LogP contribution in [0.5, 0.6) is 0 Å². The van der Waals surface area contributed by atoms with Crippen LogP contribution in [0.4, 0.5) is 0 Å². The highest BCUT2D eigenvalue weighted by Crippen LogP contribution is 2.26. The Bertz CT molecular complexity index is 930. The molecule has 2 aromatic carbocycles. The van der Waals surface area contributed by atoms with Crippen molar-refractivity contribution in [2.75, 3.05) is 0 Å². The van der Waals surface area contributed by atoms with Crippen molar-refractivity contribution >= 4 is 0 Å². The van der Waals surface area contributed by atoms with Crippen LogP contribution in [-0.4, -0.2) is 9.97 Å². The largest absolute Gasteiger partial charge is 0.255 e. The second-order valence-corrected chi connectivity index (χ2v) is 5.59. The van der Waals surface area contributed by atoms with E-state index in [1.165, 1.54) is 16.7 Å². The molecular formula is C22H16N2. The van der Waals surface area contributed by atoms with Crippen LogP contribution in [0.3, 0.4) is 0 Å². The van der Waals surface area contributed by atoms with Gasteiger partial charge in [-0.3, -0.25) is 9.97 Å². The summed E-state index contributed by atoms with van der Waals surface area (Å²) in [6, 6.07) is 29.0. The van der Waals surface area contributed by atoms with Gasteiger partial charge in [-0.15, -0.1) is 0 Å². The Labute approximate surface area is 141 Å². The highest BCUT2D eigenvalue weighted by atomic mass is 14.8. The fraction of sp³-hybridized carbons (Fsp3) is 0. The Hall–Kier alpha value is -3.26. The number of aromatic nitrogens is 2. The summed E-state index contributed by atoms with van der Waals surface area (Å²) in [7, 11) is 0. The molecule has 0 N–H and O–H groups in total. The van der Waals surface area contributed by atoms with Gasteiger partial charge in [0.25, 0.3) is 0 Å². The third-order valence-corrected chi connectivity index (χ3v) is 4.01. The van der Waals surface area contributed by atoms with E-state index in [0.29, 0.717) is 0 Å². The first-order chi connectivity index (χ1) is 11.9. The maximum atomic E-state index is 4.44. The van der Waals surface area contributed by atoms with Crippen LogP contribution in [0.2, 0.25) is 0 Å². The van der Waals surface area contributed by atoms with Crippen LogP contribution < -0.4 is 0 Å². The van der Waals surface area contributed by atoms with Crippen LogP contribution in [0.15, 0.2) is 97.3 Å². The van der Waals surface area contributed by atoms with Crippen molar-refractivity contribution in [1.82, 2.24) is 9.97 Å². The molecule has 0 fully saturated rings. The van der Waals surface area contributed by atoms with E-state index in [9.17, 15) is 0 Å². The van der Waals surface area contributed by atoms with Gasteiger partial charge in [0.1, 0.15) is 0 Å². The topological polar surface area (TPSA) is 25.8 Å². The molecule has 0 aliphatic heterocycles. The first kappa shape index (κ1) is 14.3. The molecule has 24 heavy (non-hydrogen) atoms. The second kappa shape index (κ2) is 6.47. The monoisotopic (exact) mass is 308 g/mol. The van der Waals surface area contributed by atoms with Crippen LogP contribution in [0.1, 0.15) is 0 Å². The molecule has 2 nitrogen and oxygen atoms in total. The highest BCUT2D eigenvalue weighted by molar-refractivity contribution is 5.72. The van der Waals surface area contributed by atoms with E-state index in [1.54, 1.807) is 6.20 Å². The van der Waals surface area contributed by atoms with Gasteiger partial charge in [-0.2, -0.15) is 0 Å². The minimum absolute atomic E-state index is 0.889. The average Bonchev–Trinajstić information content (AvgIpc) is 2.70. The fourth-order valence-corrected chi connectivity index (χ4v) is 2.75. The molecule has 0 atom stereocenters. The molecule has 4 rings (SSSR count). The van der Waals surface area contributed by atoms with Crippen molar-refractivity contribution in [2.45, 2.75) is 0 Å². The smallest absolute Gasteiger partial charge is 0.0892 e. The van der Waals surface area contributed by atoms with Gasteiger partial charge in [0.15, 0.2) is 0 Å². The van der Waals surface area contributed by atoms with Crippen molar-refractivity contribution < 1.29 is 0 Å². The summed E-state index contributed by atoms with van der Waals surface area (Å²) in [6.45, 7) is 0. The lowest BCUT2D eigenvalue weighted by Crippen LogP contribution is -1.87. The summed E-state index contributed by atoms with van der Waals surface area (Å²) < 4.78 is 0. The quantitative estimate of drug-likeness (QED) is 0.501. The molecule has 0 spiro atoms. The first-order valence-corrected chi connectivity index (χ1v) is 7.93. The summed E-state index contributed by atoms with van der Waals surface area (Å²) in [5.74, 6) is 0. The Morgan fingerprint density at radius 2 is 1.04 bits per heavy atom. The van der Waals surface area contributed by atoms with Gasteiger partial charge in [-0.05, 0) is 46.5 Å². The number of nitrogens with zero attached hydrogens (tertiary/aromatic N) is 2. The SMILES string of the molecule is c1ccc(-c2ccc(-c3ccnc(-c4ccccn4)c3)cc2)cc1. The normalized spacial score (nSPS) is 10.5. The van der Waals surface area contributed by atoms with Crippen molar-refractivity contribution in [3.63, 3.8) is 0 Å². The van der Waals surface area contributed by atoms with E-state index >= 15 is 0 Å². The van der Waals surface area contributed by atoms with Gasteiger partial charge < -0.3 is 0 Å². The molecule has 114 valence electrons. The molecule has 0 saturated carbocycles. The lowest BCUT2D eigenvalue weighted by Gasteiger charge is -2.06. The standard InChI is InChI=1S/C22H16N2/c1-2-6-17(7-3-1)18-9-11-19(12-10-18)20-13-15-24-22(16-20)21-8-4-5-14-23-21/h1-16H. The predicted molar refractivity (Wildman–Crippen MR) is 98.3 cm³/mol. The van der Waals surface area contributed by atoms with Gasteiger partial charge in [0.2, 0.25) is 0 Å². The van der Waals surface area contributed by atoms with E-state index in [0.717, 1.165) is 17.0 Å². The van der Waals surface area contributed by atoms with Gasteiger partial charge in [0, 0.05) is 12.4 Å². The van der Waals surface area contributed by atoms with Gasteiger partial charge >= 0.3 is 0 Å². The van der Waals surface area contributed by atoms with Crippen molar-refractivity contribution in [3.8, 4) is 33.6 Å². The predicted octanol–water partition coefficient (Wildman–Crippen LogP) is 5.48. The van der Waals surface area contributed by atoms with Gasteiger partial charge in [0.05, 0.1) is 11.4 Å². The summed E-state index contributed by atoms with van der Waals surface area (Å²) in [5, 5.41) is 0. The Morgan fingerprint density at radius 1 is 0.417 bits per heavy atom. The Morgan fingerprint density at radius 3 is 1.75 bits per heavy atom. The van der Waals surface area contributed by atoms with Crippen molar-refractivity contribution in [1.29, 1.82) is 0 Å². The highest BCUT2D eigenvalue weighted by Gasteiger charge is 2.04. The molecule has 0 unspecified atom stereocenters. The lowest BCUT2D eigenvalue weighted by atomic mass is 10.0. The van der Waals surface area contributed by atoms with E-state index in [4.69, 9.17) is 0 Å². The number of hydrogen-bond acceptors (Lipinski definition) is 2. The molecule has 2 heteroatoms. The maximum absolute atomic E-state index is 4.44. The maximum Gasteiger partial charge on any atom is 0.0892 e. The fourth-order valence-electron chi connectivity index (χ4n) is 2.75. The van der Waals surface area contributed by atoms with Crippen molar-refractivity contribution in [2.24, 2.45) is 0 Å². The number of hydrogen-bond donors (Lipinski definition) is 0. The zero-order chi connectivity index (χ0) is 16.2. The van der Waals surface area contributed by atoms with Crippen LogP contribution in [0, 0.1) is 0 Å². The van der Waals surface area contributed by atoms with E-state index in [-0.39, 0.29) is 0 Å². The molecule has 0 radical (unpaired) electrons. The van der Waals surface area contributed by atoms with Crippen LogP contribution in [-0.2, 0) is 0 Å². The first-order valence-electron chi connectivity index (χ1n) is 7.93. The summed E-state index contributed by atoms with van der Waals surface area (Å²) in [4.78, 5) is 8.81. The Balaban J connectivity index is 1.67. The zero-order valence-corrected chi connectivity index (χ0v) is 13.1. The molecule has 2 aromatic heterocycles. The van der Waals surface area contributed by atoms with Gasteiger partial charge in [-0.25, -0.2) is 0 Å². The molecule has 4 aromatic rings. The molecule has 2 heterocycles. The number of benzene rings is 2. The zero-order valence-electron chi connectivity index (χ0n) is 13.1. The minimum atomic E-state index is 0.889. The van der Waals surface area contributed by atoms with Gasteiger partial charge in [-0.1, -0.05) is 60.7 Å². The van der Waals surface area contributed by atoms with Crippen molar-refractivity contribution in [3.05, 3.63) is 97.3 Å². The van der Waals surface area contributed by atoms with Crippen LogP contribution in [0.25, 0.3) is 33.6 Å². The number of pyridine rings is 2. The second-order valence-electron chi connectivity index (χ2n) is 5.59. The van der Waals surface area contributed by atoms with E-state index in [1.807, 2.05) is 36.5 Å². The molecule has 0 aliphatic rings. The third-order valence-electron chi connectivity index (χ3n) is 4.01. The summed E-state index contributed by atoms with van der Waals surface area (Å²) in [6.07, 6.45) is 3.63. The molecule has 0 aliphatic carbocycles. The molecule has 0 amide bonds. The Kier molecular flexibility index (Phi) is 3.86. The third kappa shape index (κ3) is 2.95. The van der Waals surface area contributed by atoms with E-state index in [2.05, 4.69) is 64.6 Å².